The molecule has 2 aromatic heterocycles. The number of nitrogens with one attached hydrogen (secondary N) is 1. The van der Waals surface area contributed by atoms with Gasteiger partial charge in [0, 0.05) is 44.0 Å². The zero-order valence-corrected chi connectivity index (χ0v) is 16.1. The molecule has 0 aromatic carbocycles. The number of carbonyl (C=O) groups excluding carboxylic acids is 1. The molecule has 2 saturated heterocycles. The van der Waals surface area contributed by atoms with E-state index in [0.717, 1.165) is 18.6 Å². The smallest absolute Gasteiger partial charge is 0.245 e. The van der Waals surface area contributed by atoms with E-state index in [9.17, 15) is 13.2 Å². The number of nitrogens with zero attached hydrogens (tertiary/aromatic N) is 3. The molecule has 2 aliphatic rings. The van der Waals surface area contributed by atoms with E-state index in [4.69, 9.17) is 0 Å². The molecule has 7 nitrogen and oxygen atoms in total. The van der Waals surface area contributed by atoms with Crippen molar-refractivity contribution in [3.8, 4) is 0 Å². The Morgan fingerprint density at radius 1 is 1.23 bits per heavy atom. The quantitative estimate of drug-likeness (QED) is 0.856. The van der Waals surface area contributed by atoms with Crippen LogP contribution in [0, 0.1) is 0 Å². The summed E-state index contributed by atoms with van der Waals surface area (Å²) in [5, 5.41) is 0.649. The van der Waals surface area contributed by atoms with Gasteiger partial charge in [-0.3, -0.25) is 4.79 Å². The lowest BCUT2D eigenvalue weighted by Gasteiger charge is -2.36. The van der Waals surface area contributed by atoms with Gasteiger partial charge >= 0.3 is 0 Å². The van der Waals surface area contributed by atoms with Crippen molar-refractivity contribution in [2.75, 3.05) is 31.9 Å². The maximum absolute atomic E-state index is 13.0. The van der Waals surface area contributed by atoms with E-state index in [-0.39, 0.29) is 16.1 Å². The molecule has 1 atom stereocenters. The van der Waals surface area contributed by atoms with Gasteiger partial charge in [0.15, 0.2) is 0 Å². The summed E-state index contributed by atoms with van der Waals surface area (Å²) >= 11 is 1.74. The van der Waals surface area contributed by atoms with Crippen molar-refractivity contribution in [1.82, 2.24) is 19.2 Å². The van der Waals surface area contributed by atoms with Crippen molar-refractivity contribution in [3.05, 3.63) is 24.5 Å². The van der Waals surface area contributed by atoms with E-state index in [1.807, 2.05) is 4.90 Å². The van der Waals surface area contributed by atoms with Crippen molar-refractivity contribution >= 4 is 38.7 Å². The fourth-order valence-corrected chi connectivity index (χ4v) is 6.42. The second-order valence-corrected chi connectivity index (χ2v) is 9.85. The molecule has 2 aromatic rings. The molecule has 1 amide bonds. The largest absolute Gasteiger partial charge is 0.345 e. The van der Waals surface area contributed by atoms with Gasteiger partial charge in [0.2, 0.25) is 15.9 Å². The molecule has 4 heterocycles. The number of rotatable bonds is 3. The third kappa shape index (κ3) is 3.23. The summed E-state index contributed by atoms with van der Waals surface area (Å²) < 4.78 is 27.5. The van der Waals surface area contributed by atoms with Crippen LogP contribution in [-0.4, -0.2) is 70.7 Å². The van der Waals surface area contributed by atoms with Gasteiger partial charge in [-0.05, 0) is 30.7 Å². The van der Waals surface area contributed by atoms with E-state index in [2.05, 4.69) is 9.97 Å². The topological polar surface area (TPSA) is 86.4 Å². The minimum Gasteiger partial charge on any atom is -0.345 e. The first-order valence-electron chi connectivity index (χ1n) is 8.90. The molecule has 140 valence electrons. The lowest BCUT2D eigenvalue weighted by molar-refractivity contribution is -0.132. The Labute approximate surface area is 157 Å². The minimum atomic E-state index is -3.60. The summed E-state index contributed by atoms with van der Waals surface area (Å²) in [5.74, 6) is 1.21. The van der Waals surface area contributed by atoms with E-state index >= 15 is 0 Å². The van der Waals surface area contributed by atoms with Crippen LogP contribution in [0.4, 0.5) is 0 Å². The third-order valence-electron chi connectivity index (χ3n) is 5.04. The fraction of sp³-hybridized carbons (Fsp3) is 0.529. The van der Waals surface area contributed by atoms with E-state index < -0.39 is 10.0 Å². The number of hydrogen-bond donors (Lipinski definition) is 1. The van der Waals surface area contributed by atoms with Crippen molar-refractivity contribution in [1.29, 1.82) is 0 Å². The van der Waals surface area contributed by atoms with Gasteiger partial charge in [0.25, 0.3) is 0 Å². The number of piperazine rings is 1. The van der Waals surface area contributed by atoms with Gasteiger partial charge in [0.1, 0.15) is 10.5 Å². The third-order valence-corrected chi connectivity index (χ3v) is 8.34. The Hall–Kier alpha value is -1.58. The molecule has 0 radical (unpaired) electrons. The molecule has 2 fully saturated rings. The van der Waals surface area contributed by atoms with Crippen LogP contribution in [0.1, 0.15) is 19.3 Å². The molecule has 0 aliphatic carbocycles. The van der Waals surface area contributed by atoms with Crippen LogP contribution in [0.3, 0.4) is 0 Å². The molecule has 2 aliphatic heterocycles. The van der Waals surface area contributed by atoms with Crippen molar-refractivity contribution in [2.24, 2.45) is 0 Å². The highest BCUT2D eigenvalue weighted by atomic mass is 32.2. The number of aromatic amines is 1. The van der Waals surface area contributed by atoms with Crippen molar-refractivity contribution < 1.29 is 13.2 Å². The van der Waals surface area contributed by atoms with Crippen LogP contribution in [0.2, 0.25) is 0 Å². The van der Waals surface area contributed by atoms with Gasteiger partial charge in [-0.2, -0.15) is 4.31 Å². The maximum Gasteiger partial charge on any atom is 0.245 e. The van der Waals surface area contributed by atoms with Crippen LogP contribution < -0.4 is 0 Å². The molecule has 0 bridgehead atoms. The number of fused-ring (bicyclic) bond motifs is 1. The number of carbonyl (C=O) groups is 1. The van der Waals surface area contributed by atoms with Crippen molar-refractivity contribution in [2.45, 2.75) is 29.4 Å². The molecular formula is C17H22N4O3S2. The van der Waals surface area contributed by atoms with Crippen LogP contribution in [0.25, 0.3) is 11.0 Å². The number of hydrogen-bond acceptors (Lipinski definition) is 5. The first-order valence-corrected chi connectivity index (χ1v) is 11.4. The second-order valence-electron chi connectivity index (χ2n) is 6.64. The minimum absolute atomic E-state index is 0.0478. The van der Waals surface area contributed by atoms with Gasteiger partial charge in [-0.25, -0.2) is 13.4 Å². The predicted molar refractivity (Wildman–Crippen MR) is 102 cm³/mol. The van der Waals surface area contributed by atoms with Gasteiger partial charge < -0.3 is 9.88 Å². The SMILES string of the molecule is O=C(C1CCCCS1)N1CCN(S(=O)(=O)c2c[nH]c3ncccc23)CC1. The molecule has 26 heavy (non-hydrogen) atoms. The zero-order valence-electron chi connectivity index (χ0n) is 14.4. The van der Waals surface area contributed by atoms with E-state index in [1.54, 1.807) is 30.1 Å². The lowest BCUT2D eigenvalue weighted by Crippen LogP contribution is -2.52. The highest BCUT2D eigenvalue weighted by molar-refractivity contribution is 8.00. The highest BCUT2D eigenvalue weighted by Crippen LogP contribution is 2.28. The normalized spacial score (nSPS) is 22.6. The average Bonchev–Trinajstić information content (AvgIpc) is 3.13. The maximum atomic E-state index is 13.0. The molecule has 4 rings (SSSR count). The first kappa shape index (κ1) is 17.8. The number of pyridine rings is 1. The van der Waals surface area contributed by atoms with E-state index in [1.165, 1.54) is 16.9 Å². The van der Waals surface area contributed by atoms with Gasteiger partial charge in [-0.15, -0.1) is 11.8 Å². The molecule has 0 spiro atoms. The monoisotopic (exact) mass is 394 g/mol. The summed E-state index contributed by atoms with van der Waals surface area (Å²) in [4.78, 5) is 21.8. The summed E-state index contributed by atoms with van der Waals surface area (Å²) in [6.45, 7) is 1.57. The van der Waals surface area contributed by atoms with Gasteiger partial charge in [0.05, 0.1) is 5.25 Å². The van der Waals surface area contributed by atoms with E-state index in [0.29, 0.717) is 37.2 Å². The Balaban J connectivity index is 1.46. The standard InChI is InChI=1S/C17H22N4O3S2/c22-17(14-5-1-2-11-25-14)20-7-9-21(10-8-20)26(23,24)15-12-19-16-13(15)4-3-6-18-16/h3-4,6,12,14H,1-2,5,7-11H2,(H,18,19). The number of amides is 1. The number of H-pyrrole nitrogens is 1. The Bertz CT molecular complexity index is 898. The highest BCUT2D eigenvalue weighted by Gasteiger charge is 2.34. The number of aromatic nitrogens is 2. The van der Waals surface area contributed by atoms with Crippen LogP contribution in [-0.2, 0) is 14.8 Å². The molecule has 0 saturated carbocycles. The number of sulfonamides is 1. The van der Waals surface area contributed by atoms with Crippen LogP contribution in [0.15, 0.2) is 29.4 Å². The molecular weight excluding hydrogens is 372 g/mol. The van der Waals surface area contributed by atoms with Gasteiger partial charge in [-0.1, -0.05) is 6.42 Å². The Kier molecular flexibility index (Phi) is 4.94. The predicted octanol–water partition coefficient (Wildman–Crippen LogP) is 1.68. The zero-order chi connectivity index (χ0) is 18.1. The second kappa shape index (κ2) is 7.21. The van der Waals surface area contributed by atoms with Crippen molar-refractivity contribution in [3.63, 3.8) is 0 Å². The molecule has 1 unspecified atom stereocenters. The number of thioether (sulfide) groups is 1. The Morgan fingerprint density at radius 3 is 2.77 bits per heavy atom. The molecule has 9 heteroatoms. The summed E-state index contributed by atoms with van der Waals surface area (Å²) in [6, 6.07) is 3.49. The fourth-order valence-electron chi connectivity index (χ4n) is 3.57. The summed E-state index contributed by atoms with van der Waals surface area (Å²) in [7, 11) is -3.60. The molecule has 1 N–H and O–H groups in total. The van der Waals surface area contributed by atoms with Crippen LogP contribution in [0.5, 0.6) is 0 Å². The average molecular weight is 395 g/mol. The lowest BCUT2D eigenvalue weighted by atomic mass is 10.1. The summed E-state index contributed by atoms with van der Waals surface area (Å²) in [6.07, 6.45) is 6.35. The summed E-state index contributed by atoms with van der Waals surface area (Å²) in [5.41, 5.74) is 0.564. The first-order chi connectivity index (χ1) is 12.6. The Morgan fingerprint density at radius 2 is 2.04 bits per heavy atom. The van der Waals surface area contributed by atoms with Crippen LogP contribution >= 0.6 is 11.8 Å².